The van der Waals surface area contributed by atoms with Gasteiger partial charge < -0.3 is 9.64 Å². The molecule has 1 rings (SSSR count). The summed E-state index contributed by atoms with van der Waals surface area (Å²) in [6.45, 7) is 1.27. The van der Waals surface area contributed by atoms with E-state index in [1.807, 2.05) is 30.3 Å². The summed E-state index contributed by atoms with van der Waals surface area (Å²) in [5, 5.41) is 0. The SMILES string of the molecule is CN(CCCOc1ccccc1)C(=O)CCl. The van der Waals surface area contributed by atoms with Gasteiger partial charge in [0.05, 0.1) is 6.61 Å². The Bertz CT molecular complexity index is 316. The Kier molecular flexibility index (Phi) is 5.72. The number of carbonyl (C=O) groups excluding carboxylic acids is 1. The second kappa shape index (κ2) is 7.12. The molecule has 0 radical (unpaired) electrons. The van der Waals surface area contributed by atoms with Crippen molar-refractivity contribution in [3.05, 3.63) is 30.3 Å². The number of para-hydroxylation sites is 1. The summed E-state index contributed by atoms with van der Waals surface area (Å²) in [5.41, 5.74) is 0. The standard InChI is InChI=1S/C12H16ClNO2/c1-14(12(15)10-13)8-5-9-16-11-6-3-2-4-7-11/h2-4,6-7H,5,8-10H2,1H3. The maximum absolute atomic E-state index is 11.1. The molecule has 1 aromatic carbocycles. The third-order valence-electron chi connectivity index (χ3n) is 2.19. The van der Waals surface area contributed by atoms with Crippen molar-refractivity contribution >= 4 is 17.5 Å². The number of hydrogen-bond acceptors (Lipinski definition) is 2. The summed E-state index contributed by atoms with van der Waals surface area (Å²) in [7, 11) is 1.74. The zero-order valence-electron chi connectivity index (χ0n) is 9.36. The van der Waals surface area contributed by atoms with E-state index in [4.69, 9.17) is 16.3 Å². The fourth-order valence-electron chi connectivity index (χ4n) is 1.24. The summed E-state index contributed by atoms with van der Waals surface area (Å²) < 4.78 is 5.50. The predicted molar refractivity (Wildman–Crippen MR) is 64.9 cm³/mol. The highest BCUT2D eigenvalue weighted by atomic mass is 35.5. The number of ether oxygens (including phenoxy) is 1. The fraction of sp³-hybridized carbons (Fsp3) is 0.417. The summed E-state index contributed by atoms with van der Waals surface area (Å²) in [4.78, 5) is 12.7. The Morgan fingerprint density at radius 3 is 2.69 bits per heavy atom. The second-order valence-corrected chi connectivity index (χ2v) is 3.73. The Hall–Kier alpha value is -1.22. The molecule has 0 bridgehead atoms. The number of nitrogens with zero attached hydrogens (tertiary/aromatic N) is 1. The molecule has 0 aromatic heterocycles. The average Bonchev–Trinajstić information content (AvgIpc) is 2.34. The first-order chi connectivity index (χ1) is 7.74. The van der Waals surface area contributed by atoms with Gasteiger partial charge in [0.1, 0.15) is 11.6 Å². The van der Waals surface area contributed by atoms with E-state index in [0.717, 1.165) is 12.2 Å². The highest BCUT2D eigenvalue weighted by Gasteiger charge is 2.05. The lowest BCUT2D eigenvalue weighted by Gasteiger charge is -2.15. The Morgan fingerprint density at radius 2 is 2.06 bits per heavy atom. The van der Waals surface area contributed by atoms with Gasteiger partial charge in [0.2, 0.25) is 5.91 Å². The van der Waals surface area contributed by atoms with Crippen LogP contribution in [0.25, 0.3) is 0 Å². The molecule has 0 heterocycles. The van der Waals surface area contributed by atoms with Crippen LogP contribution in [-0.2, 0) is 4.79 Å². The van der Waals surface area contributed by atoms with Gasteiger partial charge >= 0.3 is 0 Å². The average molecular weight is 242 g/mol. The van der Waals surface area contributed by atoms with Crippen molar-refractivity contribution in [3.63, 3.8) is 0 Å². The van der Waals surface area contributed by atoms with Gasteiger partial charge in [0.15, 0.2) is 0 Å². The predicted octanol–water partition coefficient (Wildman–Crippen LogP) is 2.15. The molecule has 0 atom stereocenters. The first kappa shape index (κ1) is 12.8. The molecule has 0 aliphatic carbocycles. The minimum Gasteiger partial charge on any atom is -0.494 e. The van der Waals surface area contributed by atoms with Crippen LogP contribution in [0.4, 0.5) is 0 Å². The first-order valence-electron chi connectivity index (χ1n) is 5.22. The van der Waals surface area contributed by atoms with Crippen molar-refractivity contribution in [1.82, 2.24) is 4.90 Å². The van der Waals surface area contributed by atoms with Gasteiger partial charge in [-0.15, -0.1) is 11.6 Å². The molecule has 3 nitrogen and oxygen atoms in total. The van der Waals surface area contributed by atoms with Crippen LogP contribution in [0.15, 0.2) is 30.3 Å². The third-order valence-corrected chi connectivity index (χ3v) is 2.42. The summed E-state index contributed by atoms with van der Waals surface area (Å²) in [6, 6.07) is 9.62. The molecular formula is C12H16ClNO2. The van der Waals surface area contributed by atoms with Crippen LogP contribution in [0.2, 0.25) is 0 Å². The molecule has 4 heteroatoms. The summed E-state index contributed by atoms with van der Waals surface area (Å²) in [6.07, 6.45) is 0.800. The molecule has 0 aliphatic rings. The molecule has 0 spiro atoms. The highest BCUT2D eigenvalue weighted by Crippen LogP contribution is 2.08. The molecule has 0 fully saturated rings. The largest absolute Gasteiger partial charge is 0.494 e. The maximum atomic E-state index is 11.1. The lowest BCUT2D eigenvalue weighted by atomic mass is 10.3. The van der Waals surface area contributed by atoms with E-state index in [0.29, 0.717) is 13.2 Å². The molecule has 0 N–H and O–H groups in total. The van der Waals surface area contributed by atoms with Gasteiger partial charge in [0.25, 0.3) is 0 Å². The Labute approximate surface area is 101 Å². The number of carbonyl (C=O) groups is 1. The summed E-state index contributed by atoms with van der Waals surface area (Å²) >= 11 is 5.43. The molecular weight excluding hydrogens is 226 g/mol. The van der Waals surface area contributed by atoms with Crippen molar-refractivity contribution in [1.29, 1.82) is 0 Å². The van der Waals surface area contributed by atoms with Crippen LogP contribution in [-0.4, -0.2) is 36.9 Å². The second-order valence-electron chi connectivity index (χ2n) is 3.46. The fourth-order valence-corrected chi connectivity index (χ4v) is 1.44. The van der Waals surface area contributed by atoms with Gasteiger partial charge in [-0.3, -0.25) is 4.79 Å². The van der Waals surface area contributed by atoms with E-state index in [1.54, 1.807) is 11.9 Å². The minimum absolute atomic E-state index is 0.0377. The van der Waals surface area contributed by atoms with E-state index in [9.17, 15) is 4.79 Å². The maximum Gasteiger partial charge on any atom is 0.237 e. The zero-order chi connectivity index (χ0) is 11.8. The van der Waals surface area contributed by atoms with E-state index in [2.05, 4.69) is 0 Å². The Balaban J connectivity index is 2.15. The number of rotatable bonds is 6. The summed E-state index contributed by atoms with van der Waals surface area (Å²) in [5.74, 6) is 0.839. The van der Waals surface area contributed by atoms with E-state index < -0.39 is 0 Å². The van der Waals surface area contributed by atoms with E-state index in [-0.39, 0.29) is 11.8 Å². The van der Waals surface area contributed by atoms with Crippen molar-refractivity contribution < 1.29 is 9.53 Å². The van der Waals surface area contributed by atoms with Crippen molar-refractivity contribution in [2.24, 2.45) is 0 Å². The van der Waals surface area contributed by atoms with Crippen LogP contribution < -0.4 is 4.74 Å². The van der Waals surface area contributed by atoms with E-state index in [1.165, 1.54) is 0 Å². The van der Waals surface area contributed by atoms with E-state index >= 15 is 0 Å². The van der Waals surface area contributed by atoms with Crippen LogP contribution in [0.3, 0.4) is 0 Å². The molecule has 16 heavy (non-hydrogen) atoms. The number of hydrogen-bond donors (Lipinski definition) is 0. The molecule has 0 unspecified atom stereocenters. The van der Waals surface area contributed by atoms with Crippen LogP contribution in [0.1, 0.15) is 6.42 Å². The quantitative estimate of drug-likeness (QED) is 0.564. The number of halogens is 1. The van der Waals surface area contributed by atoms with Crippen molar-refractivity contribution in [2.45, 2.75) is 6.42 Å². The topological polar surface area (TPSA) is 29.5 Å². The van der Waals surface area contributed by atoms with Crippen molar-refractivity contribution in [3.8, 4) is 5.75 Å². The lowest BCUT2D eigenvalue weighted by Crippen LogP contribution is -2.29. The minimum atomic E-state index is -0.0543. The van der Waals surface area contributed by atoms with Gasteiger partial charge in [-0.2, -0.15) is 0 Å². The van der Waals surface area contributed by atoms with Crippen LogP contribution >= 0.6 is 11.6 Å². The van der Waals surface area contributed by atoms with Gasteiger partial charge in [-0.25, -0.2) is 0 Å². The molecule has 0 saturated heterocycles. The highest BCUT2D eigenvalue weighted by molar-refractivity contribution is 6.27. The van der Waals surface area contributed by atoms with Crippen LogP contribution in [0, 0.1) is 0 Å². The zero-order valence-corrected chi connectivity index (χ0v) is 10.1. The lowest BCUT2D eigenvalue weighted by molar-refractivity contribution is -0.127. The van der Waals surface area contributed by atoms with Gasteiger partial charge in [-0.1, -0.05) is 18.2 Å². The molecule has 1 aromatic rings. The number of benzene rings is 1. The molecule has 88 valence electrons. The third kappa shape index (κ3) is 4.53. The number of alkyl halides is 1. The van der Waals surface area contributed by atoms with Gasteiger partial charge in [-0.05, 0) is 18.6 Å². The van der Waals surface area contributed by atoms with Crippen molar-refractivity contribution in [2.75, 3.05) is 26.1 Å². The Morgan fingerprint density at radius 1 is 1.38 bits per heavy atom. The number of amides is 1. The van der Waals surface area contributed by atoms with Gasteiger partial charge in [0, 0.05) is 13.6 Å². The molecule has 0 aliphatic heterocycles. The normalized spacial score (nSPS) is 9.88. The van der Waals surface area contributed by atoms with Crippen LogP contribution in [0.5, 0.6) is 5.75 Å². The smallest absolute Gasteiger partial charge is 0.237 e. The molecule has 0 saturated carbocycles. The monoisotopic (exact) mass is 241 g/mol. The molecule has 1 amide bonds. The first-order valence-corrected chi connectivity index (χ1v) is 5.75.